The van der Waals surface area contributed by atoms with Crippen LogP contribution in [-0.2, 0) is 4.79 Å². The van der Waals surface area contributed by atoms with Crippen LogP contribution < -0.4 is 0 Å². The van der Waals surface area contributed by atoms with Crippen LogP contribution in [0.25, 0.3) is 0 Å². The van der Waals surface area contributed by atoms with E-state index in [-0.39, 0.29) is 0 Å². The fourth-order valence-electron chi connectivity index (χ4n) is 1.40. The molecule has 14 heavy (non-hydrogen) atoms. The van der Waals surface area contributed by atoms with Crippen molar-refractivity contribution in [2.45, 2.75) is 65.3 Å². The number of hydrogen-bond acceptors (Lipinski definition) is 1. The quantitative estimate of drug-likeness (QED) is 0.576. The van der Waals surface area contributed by atoms with Gasteiger partial charge in [-0.25, -0.2) is 0 Å². The first kappa shape index (κ1) is 13.5. The van der Waals surface area contributed by atoms with Gasteiger partial charge in [0, 0.05) is 19.5 Å². The molecule has 0 heterocycles. The summed E-state index contributed by atoms with van der Waals surface area (Å²) in [6, 6.07) is 0.383. The molecule has 0 rings (SSSR count). The predicted octanol–water partition coefficient (Wildman–Crippen LogP) is 3.21. The summed E-state index contributed by atoms with van der Waals surface area (Å²) in [4.78, 5) is 13.5. The van der Waals surface area contributed by atoms with Gasteiger partial charge in [0.2, 0.25) is 5.91 Å². The summed E-state index contributed by atoms with van der Waals surface area (Å²) in [5, 5.41) is 0. The van der Waals surface area contributed by atoms with Gasteiger partial charge in [0.15, 0.2) is 0 Å². The van der Waals surface area contributed by atoms with E-state index in [2.05, 4.69) is 20.8 Å². The summed E-state index contributed by atoms with van der Waals surface area (Å²) in [6.45, 7) is 6.41. The Morgan fingerprint density at radius 3 is 2.36 bits per heavy atom. The molecule has 1 atom stereocenters. The van der Waals surface area contributed by atoms with Crippen LogP contribution in [0.4, 0.5) is 0 Å². The highest BCUT2D eigenvalue weighted by Crippen LogP contribution is 2.07. The molecule has 0 aliphatic carbocycles. The zero-order valence-corrected chi connectivity index (χ0v) is 10.2. The number of nitrogens with zero attached hydrogens (tertiary/aromatic N) is 1. The van der Waals surface area contributed by atoms with Gasteiger partial charge in [-0.2, -0.15) is 0 Å². The van der Waals surface area contributed by atoms with E-state index in [0.717, 1.165) is 19.3 Å². The average Bonchev–Trinajstić information content (AvgIpc) is 2.21. The van der Waals surface area contributed by atoms with Crippen molar-refractivity contribution in [2.75, 3.05) is 7.05 Å². The van der Waals surface area contributed by atoms with Gasteiger partial charge >= 0.3 is 0 Å². The average molecular weight is 199 g/mol. The lowest BCUT2D eigenvalue weighted by molar-refractivity contribution is -0.131. The minimum Gasteiger partial charge on any atom is -0.343 e. The molecule has 0 aromatic heterocycles. The first-order valence-electron chi connectivity index (χ1n) is 5.89. The summed E-state index contributed by atoms with van der Waals surface area (Å²) in [5.41, 5.74) is 0. The van der Waals surface area contributed by atoms with Crippen molar-refractivity contribution >= 4 is 5.91 Å². The Morgan fingerprint density at radius 1 is 1.21 bits per heavy atom. The maximum absolute atomic E-state index is 11.6. The molecule has 0 bridgehead atoms. The van der Waals surface area contributed by atoms with Crippen molar-refractivity contribution in [1.29, 1.82) is 0 Å². The van der Waals surface area contributed by atoms with Gasteiger partial charge in [-0.15, -0.1) is 0 Å². The monoisotopic (exact) mass is 199 g/mol. The number of rotatable bonds is 7. The molecule has 1 amide bonds. The lowest BCUT2D eigenvalue weighted by Crippen LogP contribution is -2.34. The lowest BCUT2D eigenvalue weighted by atomic mass is 10.1. The maximum Gasteiger partial charge on any atom is 0.222 e. The van der Waals surface area contributed by atoms with Crippen LogP contribution in [-0.4, -0.2) is 23.9 Å². The normalized spacial score (nSPS) is 12.6. The second-order valence-electron chi connectivity index (χ2n) is 4.07. The van der Waals surface area contributed by atoms with Crippen molar-refractivity contribution in [3.05, 3.63) is 0 Å². The van der Waals surface area contributed by atoms with Crippen LogP contribution in [0.5, 0.6) is 0 Å². The van der Waals surface area contributed by atoms with Crippen molar-refractivity contribution in [1.82, 2.24) is 4.90 Å². The molecule has 0 spiro atoms. The molecule has 2 nitrogen and oxygen atoms in total. The standard InChI is InChI=1S/C12H25NO/c1-5-7-8-9-10-12(14)13(4)11(3)6-2/h11H,5-10H2,1-4H3. The van der Waals surface area contributed by atoms with Crippen LogP contribution in [0.2, 0.25) is 0 Å². The third kappa shape index (κ3) is 5.25. The van der Waals surface area contributed by atoms with E-state index < -0.39 is 0 Å². The van der Waals surface area contributed by atoms with Gasteiger partial charge in [-0.1, -0.05) is 33.1 Å². The molecule has 2 heteroatoms. The number of hydrogen-bond donors (Lipinski definition) is 0. The molecule has 0 aliphatic heterocycles. The van der Waals surface area contributed by atoms with Crippen LogP contribution in [0.15, 0.2) is 0 Å². The third-order valence-corrected chi connectivity index (χ3v) is 2.89. The van der Waals surface area contributed by atoms with Gasteiger partial charge in [0.1, 0.15) is 0 Å². The van der Waals surface area contributed by atoms with Crippen molar-refractivity contribution < 1.29 is 4.79 Å². The Bertz CT molecular complexity index is 156. The Morgan fingerprint density at radius 2 is 1.86 bits per heavy atom. The number of carbonyl (C=O) groups excluding carboxylic acids is 1. The van der Waals surface area contributed by atoms with Crippen LogP contribution in [0.3, 0.4) is 0 Å². The second kappa shape index (κ2) is 7.84. The summed E-state index contributed by atoms with van der Waals surface area (Å²) in [6.07, 6.45) is 6.48. The summed E-state index contributed by atoms with van der Waals surface area (Å²) < 4.78 is 0. The van der Waals surface area contributed by atoms with E-state index >= 15 is 0 Å². The van der Waals surface area contributed by atoms with Crippen LogP contribution in [0, 0.1) is 0 Å². The first-order chi connectivity index (χ1) is 6.63. The Balaban J connectivity index is 3.62. The van der Waals surface area contributed by atoms with Crippen molar-refractivity contribution in [3.8, 4) is 0 Å². The molecule has 0 saturated carbocycles. The van der Waals surface area contributed by atoms with E-state index in [1.54, 1.807) is 0 Å². The SMILES string of the molecule is CCCCCCC(=O)N(C)C(C)CC. The zero-order valence-electron chi connectivity index (χ0n) is 10.2. The highest BCUT2D eigenvalue weighted by molar-refractivity contribution is 5.76. The number of unbranched alkanes of at least 4 members (excludes halogenated alkanes) is 3. The van der Waals surface area contributed by atoms with Gasteiger partial charge in [0.05, 0.1) is 0 Å². The highest BCUT2D eigenvalue weighted by atomic mass is 16.2. The van der Waals surface area contributed by atoms with Crippen LogP contribution >= 0.6 is 0 Å². The molecule has 84 valence electrons. The molecule has 0 fully saturated rings. The summed E-state index contributed by atoms with van der Waals surface area (Å²) >= 11 is 0. The Hall–Kier alpha value is -0.530. The Labute approximate surface area is 88.7 Å². The van der Waals surface area contributed by atoms with E-state index in [4.69, 9.17) is 0 Å². The number of carbonyl (C=O) groups is 1. The highest BCUT2D eigenvalue weighted by Gasteiger charge is 2.12. The smallest absolute Gasteiger partial charge is 0.222 e. The molecule has 0 radical (unpaired) electrons. The zero-order chi connectivity index (χ0) is 11.0. The molecule has 1 unspecified atom stereocenters. The topological polar surface area (TPSA) is 20.3 Å². The lowest BCUT2D eigenvalue weighted by Gasteiger charge is -2.23. The van der Waals surface area contributed by atoms with Crippen molar-refractivity contribution in [2.24, 2.45) is 0 Å². The van der Waals surface area contributed by atoms with Gasteiger partial charge in [-0.05, 0) is 19.8 Å². The van der Waals surface area contributed by atoms with Crippen molar-refractivity contribution in [3.63, 3.8) is 0 Å². The van der Waals surface area contributed by atoms with E-state index in [1.165, 1.54) is 19.3 Å². The molecule has 0 aliphatic rings. The van der Waals surface area contributed by atoms with E-state index in [1.807, 2.05) is 11.9 Å². The minimum atomic E-state index is 0.301. The Kier molecular flexibility index (Phi) is 7.54. The van der Waals surface area contributed by atoms with Gasteiger partial charge in [0.25, 0.3) is 0 Å². The molecule has 0 aromatic rings. The molecular formula is C12H25NO. The molecule has 0 aromatic carbocycles. The minimum absolute atomic E-state index is 0.301. The second-order valence-corrected chi connectivity index (χ2v) is 4.07. The third-order valence-electron chi connectivity index (χ3n) is 2.89. The largest absolute Gasteiger partial charge is 0.343 e. The summed E-state index contributed by atoms with van der Waals surface area (Å²) in [7, 11) is 1.91. The first-order valence-corrected chi connectivity index (χ1v) is 5.89. The van der Waals surface area contributed by atoms with Crippen LogP contribution in [0.1, 0.15) is 59.3 Å². The maximum atomic E-state index is 11.6. The van der Waals surface area contributed by atoms with Gasteiger partial charge < -0.3 is 4.90 Å². The van der Waals surface area contributed by atoms with E-state index in [9.17, 15) is 4.79 Å². The predicted molar refractivity (Wildman–Crippen MR) is 61.3 cm³/mol. The fourth-order valence-corrected chi connectivity index (χ4v) is 1.40. The van der Waals surface area contributed by atoms with Gasteiger partial charge in [-0.3, -0.25) is 4.79 Å². The van der Waals surface area contributed by atoms with E-state index in [0.29, 0.717) is 11.9 Å². The summed E-state index contributed by atoms with van der Waals surface area (Å²) in [5.74, 6) is 0.301. The fraction of sp³-hybridized carbons (Fsp3) is 0.917. The molecule has 0 N–H and O–H groups in total. The molecule has 0 saturated heterocycles. The number of amides is 1. The molecular weight excluding hydrogens is 174 g/mol.